The Labute approximate surface area is 843 Å². The van der Waals surface area contributed by atoms with Crippen molar-refractivity contribution in [1.29, 1.82) is 0 Å². The van der Waals surface area contributed by atoms with Crippen LogP contribution in [0.4, 0.5) is 23.5 Å². The van der Waals surface area contributed by atoms with Crippen LogP contribution in [0, 0.1) is 20.8 Å². The highest BCUT2D eigenvalue weighted by molar-refractivity contribution is 8.32. The molecule has 10 unspecified atom stereocenters. The second-order valence-corrected chi connectivity index (χ2v) is 44.3. The van der Waals surface area contributed by atoms with Gasteiger partial charge in [0.25, 0.3) is 37.9 Å². The first-order valence-electron chi connectivity index (χ1n) is 44.7. The average Bonchev–Trinajstić information content (AvgIpc) is 1.60. The molecule has 15 heterocycles. The molecule has 6 aliphatic heterocycles. The second kappa shape index (κ2) is 48.4. The molecule has 6 saturated heterocycles. The van der Waals surface area contributed by atoms with Gasteiger partial charge < -0.3 is 181 Å². The quantitative estimate of drug-likeness (QED) is 0.00981. The number of imidazole rings is 3. The first kappa shape index (κ1) is 113. The summed E-state index contributed by atoms with van der Waals surface area (Å²) in [5.41, 5.74) is 17.1. The molecular formula is C76H104N22O41P5S3-5. The number of aryl methyl sites for hydroxylation is 3. The van der Waals surface area contributed by atoms with E-state index >= 15 is 28.4 Å². The lowest BCUT2D eigenvalue weighted by Crippen LogP contribution is -2.42. The van der Waals surface area contributed by atoms with E-state index in [-0.39, 0.29) is 121 Å². The monoisotopic (exact) mass is 2230 g/mol. The zero-order valence-electron chi connectivity index (χ0n) is 79.1. The molecule has 63 nitrogen and oxygen atoms in total. The fourth-order valence-corrected chi connectivity index (χ4v) is 23.0. The first-order chi connectivity index (χ1) is 70.0. The minimum Gasteiger partial charge on any atom is -0.780 e. The smallest absolute Gasteiger partial charge is 0.351 e. The van der Waals surface area contributed by atoms with Crippen LogP contribution in [0.5, 0.6) is 0 Å². The molecule has 71 heteroatoms. The fraction of sp³-hybridized carbons (Fsp3) is 0.645. The average molecular weight is 2230 g/mol. The second-order valence-electron chi connectivity index (χ2n) is 33.5. The van der Waals surface area contributed by atoms with E-state index < -0.39 is 275 Å². The van der Waals surface area contributed by atoms with Gasteiger partial charge in [0.1, 0.15) is 129 Å². The van der Waals surface area contributed by atoms with E-state index in [2.05, 4.69) is 59.8 Å². The molecule has 9 aromatic rings. The zero-order valence-corrected chi connectivity index (χ0v) is 86.1. The third-order valence-electron chi connectivity index (χ3n) is 23.7. The van der Waals surface area contributed by atoms with Crippen LogP contribution >= 0.6 is 35.9 Å². The van der Waals surface area contributed by atoms with Crippen LogP contribution in [0.25, 0.3) is 33.5 Å². The highest BCUT2D eigenvalue weighted by Crippen LogP contribution is 2.57. The molecule has 0 amide bonds. The highest BCUT2D eigenvalue weighted by Gasteiger charge is 2.57. The third-order valence-corrected chi connectivity index (χ3v) is 30.3. The van der Waals surface area contributed by atoms with Crippen molar-refractivity contribution in [2.75, 3.05) is 158 Å². The molecule has 812 valence electrons. The summed E-state index contributed by atoms with van der Waals surface area (Å²) in [5, 5.41) is 11.8. The van der Waals surface area contributed by atoms with Crippen molar-refractivity contribution in [3.05, 3.63) is 133 Å². The van der Waals surface area contributed by atoms with E-state index in [1.54, 1.807) is 13.8 Å². The molecular weight excluding hydrogens is 2130 g/mol. The maximum Gasteiger partial charge on any atom is 0.351 e. The van der Waals surface area contributed by atoms with Gasteiger partial charge in [-0.3, -0.25) is 80.2 Å². The Bertz CT molecular complexity index is 6840. The SMILES string of the molecule is CC[C@H]1O[C@@H](n2cnc3c(=O)[nH]c(N)nc32)C[C@H]1OP([O-])(=S)OC[C@H]1O[C@@H](n2cc(C)c(=O)[nH]c2=O)C(OCCOC)[C@H]1OP(=O)([O-])OC[C@H]1O[C@@H](n2cnc3c(=O)[nH]c(N)nc32)C(OCCOC)[C@H]1OP(=O)([O-])OC[C@H]1O[C@@H](n2cc(C)c(=O)[nH]c2=O)C(OCCOC)[C@H]1OP(=O)([S-])OC[C@H]1O[C@@H](n2cnc3c(N)ncnc32)C(OCCOC)[C@H]1OP([O-])(=S)OC[C@H]1O[C@@H](n2cc(C)c(N)nc2=O)C(OCCOC)[C@H]1O. The van der Waals surface area contributed by atoms with Crippen LogP contribution in [0.1, 0.15) is 73.8 Å². The van der Waals surface area contributed by atoms with E-state index in [4.69, 9.17) is 180 Å². The number of nitrogens with two attached hydrogens (primary N) is 4. The summed E-state index contributed by atoms with van der Waals surface area (Å²) in [6.07, 6.45) is -30.9. The summed E-state index contributed by atoms with van der Waals surface area (Å²) in [7, 11) is -5.86. The number of anilines is 4. The number of H-pyrrole nitrogens is 4. The number of ether oxygens (including phenoxy) is 16. The standard InChI is InChI=1S/C76H109N22O41P5S3/c1-10-37-38(21-44(129-37)96-31-84-46-61(96)87-72(79)89-65(46)102)135-142(111,145)127-28-42-50(54(120-17-12-115-6)68(132-42)94-23-35(3)63(100)91-75(94)105)137-140(107,108)124-26-40-49(55(121-18-13-116-7)71(133-40)98-33-85-47-62(98)88-73(80)90-66(47)103)136-141(109,110)125-27-41-51(56(122-19-14-117-8)69(131-41)95-24-36(4)64(101)92-76(95)106)138-144(113,147)128-29-43-52(57(123-20-15-118-9)70(134-43)97-32-83-45-59(78)81-30-82-60(45)97)139-143(112,146)126-25-39-48(99)53(119-16-11-114-5)67(130-39)93-22-34(2)58(77)86-74(93)104/h22-24,30-33,37-44,48-57,67-71,99H,10-21,25-29H2,1-9H3,(H,107,108)(H,109,110)(H,111,145)(H,112,146)(H,113,147)(H2,77,86,104)(H2,78,81,82)(H,91,100,105)(H,92,101,106)(H3,79,87,89,102)(H3,80,88,90,103)/p-5/t37-,38-,39-,40-,41-,42-,43-,44-,48+,49+,50+,51+,52+,53?,54?,55?,56?,57?,67-,68-,69-,70-,71-,142?,143?,144?/m1/s1. The topological polar surface area (TPSA) is 823 Å². The van der Waals surface area contributed by atoms with E-state index in [9.17, 15) is 43.6 Å². The molecule has 0 radical (unpaired) electrons. The van der Waals surface area contributed by atoms with Gasteiger partial charge in [-0.25, -0.2) is 39.3 Å². The van der Waals surface area contributed by atoms with Gasteiger partial charge in [-0.2, -0.15) is 15.0 Å². The van der Waals surface area contributed by atoms with E-state index in [0.29, 0.717) is 5.56 Å². The van der Waals surface area contributed by atoms with Crippen LogP contribution in [-0.4, -0.2) is 331 Å². The maximum atomic E-state index is 15.6. The minimum atomic E-state index is -6.27. The van der Waals surface area contributed by atoms with Crippen molar-refractivity contribution >= 4 is 129 Å². The Morgan fingerprint density at radius 3 is 1.27 bits per heavy atom. The van der Waals surface area contributed by atoms with Crippen molar-refractivity contribution < 1.29 is 159 Å². The highest BCUT2D eigenvalue weighted by atomic mass is 32.7. The number of fused-ring (bicyclic) bond motifs is 3. The van der Waals surface area contributed by atoms with Crippen LogP contribution in [0.2, 0.25) is 0 Å². The zero-order chi connectivity index (χ0) is 106. The molecule has 15 rings (SSSR count). The van der Waals surface area contributed by atoms with Crippen LogP contribution in [0.3, 0.4) is 0 Å². The van der Waals surface area contributed by atoms with Gasteiger partial charge in [0.15, 0.2) is 71.7 Å². The van der Waals surface area contributed by atoms with E-state index in [0.717, 1.165) is 43.3 Å². The number of aliphatic hydroxyl groups is 1. The number of hydrogen-bond donors (Lipinski definition) is 9. The predicted molar refractivity (Wildman–Crippen MR) is 500 cm³/mol. The summed E-state index contributed by atoms with van der Waals surface area (Å²) in [6.45, 7) is -17.6. The van der Waals surface area contributed by atoms with Gasteiger partial charge in [-0.1, -0.05) is 30.5 Å². The van der Waals surface area contributed by atoms with E-state index in [1.165, 1.54) is 77.4 Å². The van der Waals surface area contributed by atoms with Gasteiger partial charge in [0.2, 0.25) is 11.9 Å². The van der Waals surface area contributed by atoms with E-state index in [1.807, 2.05) is 0 Å². The molecule has 0 spiro atoms. The molecule has 28 atom stereocenters. The van der Waals surface area contributed by atoms with Gasteiger partial charge in [0.05, 0.1) is 130 Å². The molecule has 0 saturated carbocycles. The number of nitrogens with one attached hydrogen (secondary N) is 4. The Morgan fingerprint density at radius 2 is 0.796 bits per heavy atom. The van der Waals surface area contributed by atoms with Crippen LogP contribution < -0.4 is 81.8 Å². The first-order valence-corrected chi connectivity index (χ1v) is 55.3. The summed E-state index contributed by atoms with van der Waals surface area (Å²) < 4.78 is 207. The number of nitrogens with zero attached hydrogens (tertiary/aromatic N) is 14. The molecule has 9 aromatic heterocycles. The van der Waals surface area contributed by atoms with Crippen molar-refractivity contribution in [2.45, 2.75) is 182 Å². The Hall–Kier alpha value is -8.21. The van der Waals surface area contributed by atoms with Gasteiger partial charge in [-0.05, 0) is 27.2 Å². The Morgan fingerprint density at radius 1 is 0.415 bits per heavy atom. The van der Waals surface area contributed by atoms with Crippen molar-refractivity contribution in [3.63, 3.8) is 0 Å². The summed E-state index contributed by atoms with van der Waals surface area (Å²) in [6, 6.07) is 0. The summed E-state index contributed by atoms with van der Waals surface area (Å²) >= 11 is 16.7. The lowest BCUT2D eigenvalue weighted by Gasteiger charge is -2.36. The summed E-state index contributed by atoms with van der Waals surface area (Å²) in [4.78, 5) is 196. The molecule has 0 bridgehead atoms. The number of phosphoric ester groups is 2. The van der Waals surface area contributed by atoms with Crippen molar-refractivity contribution in [1.82, 2.24) is 87.2 Å². The molecule has 0 aromatic carbocycles. The number of methoxy groups -OCH3 is 5. The number of rotatable bonds is 52. The number of hydrogen-bond acceptors (Lipinski definition) is 56. The Kier molecular flexibility index (Phi) is 37.2. The van der Waals surface area contributed by atoms with Crippen molar-refractivity contribution in [3.8, 4) is 0 Å². The number of nitrogen functional groups attached to an aromatic ring is 4. The number of aliphatic hydroxyl groups excluding tert-OH is 1. The lowest BCUT2D eigenvalue weighted by atomic mass is 10.1. The molecule has 0 aliphatic carbocycles. The van der Waals surface area contributed by atoms with Crippen LogP contribution in [0.15, 0.2) is 77.5 Å². The van der Waals surface area contributed by atoms with Gasteiger partial charge >= 0.3 is 17.1 Å². The largest absolute Gasteiger partial charge is 0.780 e. The lowest BCUT2D eigenvalue weighted by molar-refractivity contribution is -0.241. The molecule has 6 aliphatic rings. The fourth-order valence-electron chi connectivity index (χ4n) is 16.8. The molecule has 13 N–H and O–H groups in total. The number of aromatic amines is 4. The van der Waals surface area contributed by atoms with Crippen molar-refractivity contribution in [2.24, 2.45) is 0 Å². The number of phosphoric acid groups is 2. The van der Waals surface area contributed by atoms with Crippen LogP contribution in [-0.2, 0) is 171 Å². The maximum absolute atomic E-state index is 15.6. The molecule has 147 heavy (non-hydrogen) atoms. The minimum absolute atomic E-state index is 0.0209. The molecule has 6 fully saturated rings. The summed E-state index contributed by atoms with van der Waals surface area (Å²) in [5.74, 6) is -0.912. The number of aromatic nitrogens is 18. The predicted octanol–water partition coefficient (Wildman–Crippen LogP) is -4.82. The van der Waals surface area contributed by atoms with Gasteiger partial charge in [-0.15, -0.1) is 0 Å². The normalized spacial score (nSPS) is 29.0. The third kappa shape index (κ3) is 26.3. The van der Waals surface area contributed by atoms with Gasteiger partial charge in [0, 0.05) is 77.3 Å². The Balaban J connectivity index is 0.723.